The van der Waals surface area contributed by atoms with Gasteiger partial charge in [0.15, 0.2) is 0 Å². The van der Waals surface area contributed by atoms with Crippen LogP contribution in [0.2, 0.25) is 0 Å². The first-order chi connectivity index (χ1) is 12.6. The molecule has 1 aliphatic carbocycles. The molecule has 0 bridgehead atoms. The van der Waals surface area contributed by atoms with Crippen molar-refractivity contribution in [3.8, 4) is 0 Å². The molecule has 2 aromatic rings. The van der Waals surface area contributed by atoms with Crippen molar-refractivity contribution in [3.63, 3.8) is 0 Å². The van der Waals surface area contributed by atoms with Crippen molar-refractivity contribution in [3.05, 3.63) is 58.3 Å². The lowest BCUT2D eigenvalue weighted by molar-refractivity contribution is -0.122. The van der Waals surface area contributed by atoms with Crippen molar-refractivity contribution in [2.75, 3.05) is 10.2 Å². The Morgan fingerprint density at radius 1 is 1.12 bits per heavy atom. The summed E-state index contributed by atoms with van der Waals surface area (Å²) in [5.41, 5.74) is 2.05. The number of carbonyl (C=O) groups excluding carboxylic acids is 3. The molecular weight excluding hydrogens is 348 g/mol. The zero-order chi connectivity index (χ0) is 18.3. The molecule has 1 saturated heterocycles. The number of allylic oxidation sites excluding steroid dienone is 2. The molecule has 4 rings (SSSR count). The molecule has 2 atom stereocenters. The number of thiophene rings is 1. The van der Waals surface area contributed by atoms with Crippen LogP contribution in [0.3, 0.4) is 0 Å². The quantitative estimate of drug-likeness (QED) is 0.664. The highest BCUT2D eigenvalue weighted by Gasteiger charge is 2.47. The highest BCUT2D eigenvalue weighted by molar-refractivity contribution is 7.12. The second-order valence-corrected chi connectivity index (χ2v) is 7.55. The minimum Gasteiger partial charge on any atom is -0.321 e. The van der Waals surface area contributed by atoms with E-state index in [0.717, 1.165) is 5.56 Å². The Kier molecular flexibility index (Phi) is 4.20. The lowest BCUT2D eigenvalue weighted by atomic mass is 9.85. The van der Waals surface area contributed by atoms with Gasteiger partial charge in [0.2, 0.25) is 11.8 Å². The number of imide groups is 1. The maximum atomic E-state index is 12.7. The van der Waals surface area contributed by atoms with Gasteiger partial charge in [-0.05, 0) is 55.0 Å². The van der Waals surface area contributed by atoms with E-state index < -0.39 is 0 Å². The summed E-state index contributed by atoms with van der Waals surface area (Å²) in [5, 5.41) is 4.73. The van der Waals surface area contributed by atoms with Crippen LogP contribution in [-0.4, -0.2) is 17.7 Å². The second kappa shape index (κ2) is 6.53. The summed E-state index contributed by atoms with van der Waals surface area (Å²) in [6, 6.07) is 8.84. The van der Waals surface area contributed by atoms with Crippen LogP contribution in [0, 0.1) is 18.8 Å². The molecule has 1 N–H and O–H groups in total. The van der Waals surface area contributed by atoms with Crippen LogP contribution in [0.4, 0.5) is 11.4 Å². The zero-order valence-electron chi connectivity index (χ0n) is 14.3. The molecule has 0 unspecified atom stereocenters. The van der Waals surface area contributed by atoms with E-state index in [4.69, 9.17) is 0 Å². The first-order valence-corrected chi connectivity index (χ1v) is 9.42. The summed E-state index contributed by atoms with van der Waals surface area (Å²) in [4.78, 5) is 39.5. The Labute approximate surface area is 155 Å². The third-order valence-electron chi connectivity index (χ3n) is 4.97. The molecule has 1 aromatic carbocycles. The number of hydrogen-bond acceptors (Lipinski definition) is 4. The molecule has 6 heteroatoms. The Bertz CT molecular complexity index is 891. The molecule has 1 aliphatic heterocycles. The molecule has 2 aliphatic rings. The Hall–Kier alpha value is -2.73. The number of benzene rings is 1. The van der Waals surface area contributed by atoms with E-state index in [0.29, 0.717) is 29.1 Å². The fourth-order valence-corrected chi connectivity index (χ4v) is 4.19. The fourth-order valence-electron chi connectivity index (χ4n) is 3.57. The maximum Gasteiger partial charge on any atom is 0.265 e. The number of anilines is 2. The molecule has 0 saturated carbocycles. The van der Waals surface area contributed by atoms with Gasteiger partial charge in [-0.2, -0.15) is 0 Å². The monoisotopic (exact) mass is 366 g/mol. The first kappa shape index (κ1) is 16.7. The van der Waals surface area contributed by atoms with Crippen molar-refractivity contribution in [2.45, 2.75) is 19.8 Å². The van der Waals surface area contributed by atoms with E-state index >= 15 is 0 Å². The Balaban J connectivity index is 1.57. The number of nitrogens with one attached hydrogen (secondary N) is 1. The molecule has 132 valence electrons. The maximum absolute atomic E-state index is 12.7. The van der Waals surface area contributed by atoms with Gasteiger partial charge >= 0.3 is 0 Å². The number of fused-ring (bicyclic) bond motifs is 1. The molecule has 5 nitrogen and oxygen atoms in total. The topological polar surface area (TPSA) is 66.5 Å². The van der Waals surface area contributed by atoms with Crippen molar-refractivity contribution in [2.24, 2.45) is 11.8 Å². The van der Waals surface area contributed by atoms with E-state index in [1.165, 1.54) is 16.2 Å². The predicted octanol–water partition coefficient (Wildman–Crippen LogP) is 3.76. The third kappa shape index (κ3) is 2.76. The van der Waals surface area contributed by atoms with Gasteiger partial charge in [0.25, 0.3) is 5.91 Å². The van der Waals surface area contributed by atoms with Gasteiger partial charge in [-0.1, -0.05) is 18.2 Å². The van der Waals surface area contributed by atoms with Crippen LogP contribution in [0.15, 0.2) is 47.9 Å². The summed E-state index contributed by atoms with van der Waals surface area (Å²) < 4.78 is 0. The lowest BCUT2D eigenvalue weighted by Gasteiger charge is -2.17. The normalized spacial score (nSPS) is 21.8. The van der Waals surface area contributed by atoms with Gasteiger partial charge in [-0.15, -0.1) is 11.3 Å². The summed E-state index contributed by atoms with van der Waals surface area (Å²) in [5.74, 6) is -0.906. The standard InChI is InChI=1S/C20H18N2O3S/c1-12-11-13(8-9-16(12)21-18(23)17-7-4-10-26-17)22-19(24)14-5-2-3-6-15(14)20(22)25/h2-4,7-11,14-15H,5-6H2,1H3,(H,21,23)/t14-,15-/m0/s1. The smallest absolute Gasteiger partial charge is 0.265 e. The minimum absolute atomic E-state index is 0.126. The van der Waals surface area contributed by atoms with Crippen molar-refractivity contribution in [1.29, 1.82) is 0 Å². The number of aryl methyl sites for hydroxylation is 1. The number of nitrogens with zero attached hydrogens (tertiary/aromatic N) is 1. The zero-order valence-corrected chi connectivity index (χ0v) is 15.1. The summed E-state index contributed by atoms with van der Waals surface area (Å²) >= 11 is 1.38. The predicted molar refractivity (Wildman–Crippen MR) is 101 cm³/mol. The molecule has 26 heavy (non-hydrogen) atoms. The average Bonchev–Trinajstić information content (AvgIpc) is 3.26. The van der Waals surface area contributed by atoms with E-state index in [1.807, 2.05) is 30.5 Å². The highest BCUT2D eigenvalue weighted by Crippen LogP contribution is 2.38. The van der Waals surface area contributed by atoms with Crippen molar-refractivity contribution < 1.29 is 14.4 Å². The van der Waals surface area contributed by atoms with E-state index in [2.05, 4.69) is 5.32 Å². The van der Waals surface area contributed by atoms with Gasteiger partial charge in [0.05, 0.1) is 22.4 Å². The Morgan fingerprint density at radius 2 is 1.81 bits per heavy atom. The number of carbonyl (C=O) groups is 3. The molecule has 0 radical (unpaired) electrons. The highest BCUT2D eigenvalue weighted by atomic mass is 32.1. The molecule has 0 spiro atoms. The van der Waals surface area contributed by atoms with Gasteiger partial charge in [0.1, 0.15) is 0 Å². The molecule has 1 fully saturated rings. The summed E-state index contributed by atoms with van der Waals surface area (Å²) in [6.07, 6.45) is 5.20. The average molecular weight is 366 g/mol. The minimum atomic E-state index is -0.244. The van der Waals surface area contributed by atoms with Gasteiger partial charge < -0.3 is 5.32 Å². The van der Waals surface area contributed by atoms with Gasteiger partial charge in [-0.25, -0.2) is 0 Å². The van der Waals surface area contributed by atoms with Crippen LogP contribution in [0.5, 0.6) is 0 Å². The summed E-state index contributed by atoms with van der Waals surface area (Å²) in [7, 11) is 0. The summed E-state index contributed by atoms with van der Waals surface area (Å²) in [6.45, 7) is 1.85. The lowest BCUT2D eigenvalue weighted by Crippen LogP contribution is -2.31. The number of amides is 3. The van der Waals surface area contributed by atoms with Crippen LogP contribution >= 0.6 is 11.3 Å². The van der Waals surface area contributed by atoms with Gasteiger partial charge in [0, 0.05) is 5.69 Å². The molecule has 3 amide bonds. The number of rotatable bonds is 3. The van der Waals surface area contributed by atoms with Crippen LogP contribution in [0.1, 0.15) is 28.1 Å². The Morgan fingerprint density at radius 3 is 2.38 bits per heavy atom. The third-order valence-corrected chi connectivity index (χ3v) is 5.84. The molecule has 2 heterocycles. The van der Waals surface area contributed by atoms with Crippen LogP contribution in [0.25, 0.3) is 0 Å². The largest absolute Gasteiger partial charge is 0.321 e. The van der Waals surface area contributed by atoms with E-state index in [-0.39, 0.29) is 29.6 Å². The molecular formula is C20H18N2O3S. The van der Waals surface area contributed by atoms with E-state index in [1.54, 1.807) is 24.3 Å². The second-order valence-electron chi connectivity index (χ2n) is 6.60. The van der Waals surface area contributed by atoms with Crippen LogP contribution < -0.4 is 10.2 Å². The van der Waals surface area contributed by atoms with Crippen molar-refractivity contribution >= 4 is 40.4 Å². The molecule has 1 aromatic heterocycles. The van der Waals surface area contributed by atoms with Gasteiger partial charge in [-0.3, -0.25) is 19.3 Å². The number of hydrogen-bond donors (Lipinski definition) is 1. The SMILES string of the molecule is Cc1cc(N2C(=O)[C@H]3CC=CC[C@@H]3C2=O)ccc1NC(=O)c1cccs1. The van der Waals surface area contributed by atoms with Crippen molar-refractivity contribution in [1.82, 2.24) is 0 Å². The van der Waals surface area contributed by atoms with E-state index in [9.17, 15) is 14.4 Å². The van der Waals surface area contributed by atoms with Crippen LogP contribution in [-0.2, 0) is 9.59 Å². The first-order valence-electron chi connectivity index (χ1n) is 8.54. The fraction of sp³-hybridized carbons (Fsp3) is 0.250.